The number of nitriles is 1. The molecule has 0 fully saturated rings. The average molecular weight is 253 g/mol. The summed E-state index contributed by atoms with van der Waals surface area (Å²) in [5, 5.41) is 10.8. The second-order valence-electron chi connectivity index (χ2n) is 3.63. The molecular weight excluding hydrogens is 246 g/mol. The average Bonchev–Trinajstić information content (AvgIpc) is 2.85. The summed E-state index contributed by atoms with van der Waals surface area (Å²) < 4.78 is 1.07. The topological polar surface area (TPSA) is 88.5 Å². The summed E-state index contributed by atoms with van der Waals surface area (Å²) in [6.45, 7) is 0. The highest BCUT2D eigenvalue weighted by atomic mass is 32.1. The van der Waals surface area contributed by atoms with Gasteiger partial charge in [0, 0.05) is 11.8 Å². The fourth-order valence-electron chi connectivity index (χ4n) is 1.59. The second-order valence-corrected chi connectivity index (χ2v) is 4.58. The van der Waals surface area contributed by atoms with E-state index < -0.39 is 0 Å². The van der Waals surface area contributed by atoms with E-state index in [-0.39, 0.29) is 11.4 Å². The summed E-state index contributed by atoms with van der Waals surface area (Å²) in [4.78, 5) is 12.6. The van der Waals surface area contributed by atoms with Crippen molar-refractivity contribution < 1.29 is 0 Å². The lowest BCUT2D eigenvalue weighted by Crippen LogP contribution is -1.99. The van der Waals surface area contributed by atoms with Crippen molar-refractivity contribution in [2.75, 3.05) is 5.73 Å². The fourth-order valence-corrected chi connectivity index (χ4v) is 2.37. The summed E-state index contributed by atoms with van der Waals surface area (Å²) in [7, 11) is 0. The molecule has 3 aromatic rings. The first-order valence-electron chi connectivity index (χ1n) is 5.14. The number of thiophene rings is 1. The second kappa shape index (κ2) is 4.05. The molecule has 3 aromatic heterocycles. The molecule has 5 nitrogen and oxygen atoms in total. The van der Waals surface area contributed by atoms with Crippen molar-refractivity contribution in [3.8, 4) is 17.5 Å². The standard InChI is InChI=1S/C12H7N5S/c13-4-8-6-16-12(17-11(8)14)7-3-10-9(15-5-7)1-2-18-10/h1-3,5-6H,(H2,14,16,17). The predicted molar refractivity (Wildman–Crippen MR) is 69.8 cm³/mol. The molecule has 0 aliphatic heterocycles. The third-order valence-electron chi connectivity index (χ3n) is 2.50. The monoisotopic (exact) mass is 253 g/mol. The van der Waals surface area contributed by atoms with Crippen LogP contribution in [0.5, 0.6) is 0 Å². The molecule has 6 heteroatoms. The maximum absolute atomic E-state index is 8.77. The third-order valence-corrected chi connectivity index (χ3v) is 3.35. The summed E-state index contributed by atoms with van der Waals surface area (Å²) in [6, 6.07) is 5.86. The highest BCUT2D eigenvalue weighted by Crippen LogP contribution is 2.24. The minimum Gasteiger partial charge on any atom is -0.382 e. The molecule has 0 atom stereocenters. The SMILES string of the molecule is N#Cc1cnc(-c2cnc3ccsc3c2)nc1N. The summed E-state index contributed by atoms with van der Waals surface area (Å²) in [5.74, 6) is 0.670. The molecule has 2 N–H and O–H groups in total. The van der Waals surface area contributed by atoms with Crippen molar-refractivity contribution in [2.24, 2.45) is 0 Å². The summed E-state index contributed by atoms with van der Waals surface area (Å²) in [6.07, 6.45) is 3.13. The molecule has 0 radical (unpaired) electrons. The zero-order valence-electron chi connectivity index (χ0n) is 9.16. The van der Waals surface area contributed by atoms with Gasteiger partial charge >= 0.3 is 0 Å². The molecule has 0 spiro atoms. The molecule has 18 heavy (non-hydrogen) atoms. The molecule has 0 amide bonds. The van der Waals surface area contributed by atoms with Crippen LogP contribution in [0.25, 0.3) is 21.6 Å². The van der Waals surface area contributed by atoms with Crippen molar-refractivity contribution in [3.05, 3.63) is 35.5 Å². The van der Waals surface area contributed by atoms with Gasteiger partial charge in [0.25, 0.3) is 0 Å². The van der Waals surface area contributed by atoms with E-state index in [9.17, 15) is 0 Å². The van der Waals surface area contributed by atoms with Crippen molar-refractivity contribution in [3.63, 3.8) is 0 Å². The predicted octanol–water partition coefficient (Wildman–Crippen LogP) is 2.21. The number of anilines is 1. The maximum Gasteiger partial charge on any atom is 0.163 e. The quantitative estimate of drug-likeness (QED) is 0.718. The molecule has 3 rings (SSSR count). The molecule has 0 saturated heterocycles. The lowest BCUT2D eigenvalue weighted by molar-refractivity contribution is 1.16. The van der Waals surface area contributed by atoms with Crippen LogP contribution >= 0.6 is 11.3 Å². The van der Waals surface area contributed by atoms with Gasteiger partial charge in [-0.3, -0.25) is 4.98 Å². The van der Waals surface area contributed by atoms with Gasteiger partial charge < -0.3 is 5.73 Å². The Kier molecular flexibility index (Phi) is 2.39. The van der Waals surface area contributed by atoms with Crippen molar-refractivity contribution in [1.82, 2.24) is 15.0 Å². The zero-order valence-corrected chi connectivity index (χ0v) is 9.98. The summed E-state index contributed by atoms with van der Waals surface area (Å²) >= 11 is 1.61. The van der Waals surface area contributed by atoms with Crippen LogP contribution in [-0.2, 0) is 0 Å². The number of rotatable bonds is 1. The smallest absolute Gasteiger partial charge is 0.163 e. The van der Waals surface area contributed by atoms with E-state index in [2.05, 4.69) is 15.0 Å². The van der Waals surface area contributed by atoms with Crippen molar-refractivity contribution in [1.29, 1.82) is 5.26 Å². The Bertz CT molecular complexity index is 771. The minimum absolute atomic E-state index is 0.189. The van der Waals surface area contributed by atoms with E-state index in [0.717, 1.165) is 15.8 Å². The first-order chi connectivity index (χ1) is 8.78. The van der Waals surface area contributed by atoms with Gasteiger partial charge in [0.1, 0.15) is 17.5 Å². The van der Waals surface area contributed by atoms with Crippen molar-refractivity contribution in [2.45, 2.75) is 0 Å². The Balaban J connectivity index is 2.14. The van der Waals surface area contributed by atoms with Gasteiger partial charge in [-0.25, -0.2) is 9.97 Å². The van der Waals surface area contributed by atoms with Crippen LogP contribution in [0.2, 0.25) is 0 Å². The molecule has 0 aliphatic rings. The number of nitrogens with two attached hydrogens (primary N) is 1. The number of hydrogen-bond acceptors (Lipinski definition) is 6. The van der Waals surface area contributed by atoms with Gasteiger partial charge in [-0.15, -0.1) is 11.3 Å². The van der Waals surface area contributed by atoms with Gasteiger partial charge in [0.15, 0.2) is 5.82 Å². The highest BCUT2D eigenvalue weighted by molar-refractivity contribution is 7.17. The first-order valence-corrected chi connectivity index (χ1v) is 6.02. The van der Waals surface area contributed by atoms with Crippen LogP contribution in [0.15, 0.2) is 29.9 Å². The summed E-state index contributed by atoms with van der Waals surface area (Å²) in [5.41, 5.74) is 7.69. The third kappa shape index (κ3) is 1.67. The van der Waals surface area contributed by atoms with Gasteiger partial charge in [-0.2, -0.15) is 5.26 Å². The maximum atomic E-state index is 8.77. The van der Waals surface area contributed by atoms with E-state index in [0.29, 0.717) is 5.82 Å². The molecule has 0 aromatic carbocycles. The Hall–Kier alpha value is -2.52. The fraction of sp³-hybridized carbons (Fsp3) is 0. The molecular formula is C12H7N5S. The Morgan fingerprint density at radius 2 is 2.17 bits per heavy atom. The van der Waals surface area contributed by atoms with E-state index in [1.807, 2.05) is 23.6 Å². The van der Waals surface area contributed by atoms with Gasteiger partial charge in [-0.1, -0.05) is 0 Å². The van der Waals surface area contributed by atoms with Crippen molar-refractivity contribution >= 4 is 27.4 Å². The molecule has 0 unspecified atom stereocenters. The highest BCUT2D eigenvalue weighted by Gasteiger charge is 2.07. The molecule has 86 valence electrons. The minimum atomic E-state index is 0.189. The van der Waals surface area contributed by atoms with Crippen LogP contribution in [0.4, 0.5) is 5.82 Å². The number of nitrogen functional groups attached to an aromatic ring is 1. The largest absolute Gasteiger partial charge is 0.382 e. The Labute approximate surface area is 107 Å². The van der Waals surface area contributed by atoms with Crippen LogP contribution in [0.1, 0.15) is 5.56 Å². The van der Waals surface area contributed by atoms with Gasteiger partial charge in [0.2, 0.25) is 0 Å². The van der Waals surface area contributed by atoms with Gasteiger partial charge in [-0.05, 0) is 17.5 Å². The molecule has 0 bridgehead atoms. The number of aromatic nitrogens is 3. The number of nitrogens with zero attached hydrogens (tertiary/aromatic N) is 4. The van der Waals surface area contributed by atoms with E-state index in [1.165, 1.54) is 6.20 Å². The Morgan fingerprint density at radius 1 is 1.28 bits per heavy atom. The molecule has 0 saturated carbocycles. The lowest BCUT2D eigenvalue weighted by atomic mass is 10.2. The van der Waals surface area contributed by atoms with Gasteiger partial charge in [0.05, 0.1) is 16.4 Å². The van der Waals surface area contributed by atoms with Crippen LogP contribution in [-0.4, -0.2) is 15.0 Å². The number of pyridine rings is 1. The number of hydrogen-bond donors (Lipinski definition) is 1. The lowest BCUT2D eigenvalue weighted by Gasteiger charge is -2.01. The first kappa shape index (κ1) is 10.6. The normalized spacial score (nSPS) is 10.4. The van der Waals surface area contributed by atoms with E-state index in [1.54, 1.807) is 17.5 Å². The number of fused-ring (bicyclic) bond motifs is 1. The Morgan fingerprint density at radius 3 is 2.94 bits per heavy atom. The van der Waals surface area contributed by atoms with Crippen LogP contribution < -0.4 is 5.73 Å². The van der Waals surface area contributed by atoms with Crippen LogP contribution in [0.3, 0.4) is 0 Å². The van der Waals surface area contributed by atoms with Crippen LogP contribution in [0, 0.1) is 11.3 Å². The molecule has 3 heterocycles. The molecule has 0 aliphatic carbocycles. The van der Waals surface area contributed by atoms with E-state index >= 15 is 0 Å². The zero-order chi connectivity index (χ0) is 12.5. The van der Waals surface area contributed by atoms with E-state index in [4.69, 9.17) is 11.0 Å².